The Morgan fingerprint density at radius 1 is 1.10 bits per heavy atom. The molecular formula is C24H25N3O2S. The van der Waals surface area contributed by atoms with Crippen LogP contribution in [-0.2, 0) is 17.6 Å². The first-order chi connectivity index (χ1) is 14.3. The van der Waals surface area contributed by atoms with Crippen LogP contribution >= 0.6 is 11.8 Å². The molecule has 0 saturated heterocycles. The van der Waals surface area contributed by atoms with Gasteiger partial charge in [-0.15, -0.1) is 0 Å². The van der Waals surface area contributed by atoms with Gasteiger partial charge in [-0.25, -0.2) is 0 Å². The van der Waals surface area contributed by atoms with Gasteiger partial charge in [0.15, 0.2) is 5.16 Å². The molecule has 0 fully saturated rings. The van der Waals surface area contributed by atoms with Crippen molar-refractivity contribution in [2.45, 2.75) is 44.0 Å². The molecule has 30 heavy (non-hydrogen) atoms. The van der Waals surface area contributed by atoms with Gasteiger partial charge < -0.3 is 9.88 Å². The Morgan fingerprint density at radius 3 is 2.63 bits per heavy atom. The molecule has 2 aromatic carbocycles. The van der Waals surface area contributed by atoms with Crippen LogP contribution in [-0.4, -0.2) is 15.5 Å². The summed E-state index contributed by atoms with van der Waals surface area (Å²) in [6.07, 6.45) is 0.254. The summed E-state index contributed by atoms with van der Waals surface area (Å²) in [6.45, 7) is 6.11. The second kappa shape index (κ2) is 8.11. The van der Waals surface area contributed by atoms with Crippen LogP contribution in [0, 0.1) is 20.8 Å². The number of carbonyl (C=O) groups is 1. The largest absolute Gasteiger partial charge is 0.312 e. The molecule has 1 aliphatic heterocycles. The second-order valence-electron chi connectivity index (χ2n) is 7.90. The molecule has 1 atom stereocenters. The number of amides is 1. The summed E-state index contributed by atoms with van der Waals surface area (Å²) in [6, 6.07) is 14.3. The van der Waals surface area contributed by atoms with Gasteiger partial charge in [0, 0.05) is 25.1 Å². The van der Waals surface area contributed by atoms with Crippen LogP contribution in [0.1, 0.15) is 45.7 Å². The van der Waals surface area contributed by atoms with E-state index in [9.17, 15) is 9.59 Å². The molecule has 1 amide bonds. The highest BCUT2D eigenvalue weighted by molar-refractivity contribution is 7.98. The molecule has 1 N–H and O–H groups in total. The molecule has 6 heteroatoms. The van der Waals surface area contributed by atoms with Gasteiger partial charge in [-0.05, 0) is 43.0 Å². The number of aromatic nitrogens is 2. The Bertz CT molecular complexity index is 1200. The van der Waals surface area contributed by atoms with Crippen molar-refractivity contribution in [3.05, 3.63) is 86.2 Å². The van der Waals surface area contributed by atoms with Gasteiger partial charge in [0.05, 0.1) is 5.56 Å². The first-order valence-electron chi connectivity index (χ1n) is 10.0. The smallest absolute Gasteiger partial charge is 0.279 e. The lowest BCUT2D eigenvalue weighted by atomic mass is 9.84. The molecule has 154 valence electrons. The number of hydrogen-bond acceptors (Lipinski definition) is 4. The lowest BCUT2D eigenvalue weighted by Gasteiger charge is -2.28. The maximum absolute atomic E-state index is 13.1. The summed E-state index contributed by atoms with van der Waals surface area (Å²) >= 11 is 1.51. The number of nitrogens with one attached hydrogen (secondary N) is 1. The van der Waals surface area contributed by atoms with E-state index < -0.39 is 0 Å². The first kappa shape index (κ1) is 20.4. The standard InChI is InChI=1S/C24H25N3O2S/c1-14-9-10-16(3)18(11-14)19-12-20(28)25-22-21(19)23(29)26-24(27(22)4)30-13-17-8-6-5-7-15(17)2/h5-11,19H,12-13H2,1-4H3,(H,25,28)/t19-/m1/s1. The number of nitrogens with zero attached hydrogens (tertiary/aromatic N) is 2. The Labute approximate surface area is 180 Å². The van der Waals surface area contributed by atoms with E-state index in [0.29, 0.717) is 22.3 Å². The fourth-order valence-electron chi connectivity index (χ4n) is 3.98. The molecule has 4 rings (SSSR count). The van der Waals surface area contributed by atoms with Gasteiger partial charge in [0.2, 0.25) is 5.91 Å². The van der Waals surface area contributed by atoms with Crippen LogP contribution in [0.4, 0.5) is 5.82 Å². The van der Waals surface area contributed by atoms with Crippen LogP contribution < -0.4 is 10.9 Å². The number of fused-ring (bicyclic) bond motifs is 1. The number of thioether (sulfide) groups is 1. The minimum absolute atomic E-state index is 0.0792. The Morgan fingerprint density at radius 2 is 1.87 bits per heavy atom. The number of aryl methyl sites for hydroxylation is 3. The molecule has 0 radical (unpaired) electrons. The highest BCUT2D eigenvalue weighted by Crippen LogP contribution is 2.37. The summed E-state index contributed by atoms with van der Waals surface area (Å²) in [4.78, 5) is 30.1. The van der Waals surface area contributed by atoms with Crippen molar-refractivity contribution in [2.75, 3.05) is 5.32 Å². The van der Waals surface area contributed by atoms with E-state index in [0.717, 1.165) is 16.7 Å². The average molecular weight is 420 g/mol. The summed E-state index contributed by atoms with van der Waals surface area (Å²) < 4.78 is 1.84. The van der Waals surface area contributed by atoms with Crippen molar-refractivity contribution in [1.29, 1.82) is 0 Å². The van der Waals surface area contributed by atoms with E-state index in [1.54, 1.807) is 0 Å². The summed E-state index contributed by atoms with van der Waals surface area (Å²) in [5.41, 5.74) is 5.92. The molecule has 0 bridgehead atoms. The van der Waals surface area contributed by atoms with Crippen LogP contribution in [0.2, 0.25) is 0 Å². The number of benzene rings is 2. The lowest BCUT2D eigenvalue weighted by Crippen LogP contribution is -2.33. The van der Waals surface area contributed by atoms with Crippen LogP contribution in [0.3, 0.4) is 0 Å². The van der Waals surface area contributed by atoms with E-state index in [-0.39, 0.29) is 23.8 Å². The zero-order valence-electron chi connectivity index (χ0n) is 17.7. The van der Waals surface area contributed by atoms with Crippen LogP contribution in [0.5, 0.6) is 0 Å². The van der Waals surface area contributed by atoms with Gasteiger partial charge in [-0.2, -0.15) is 4.98 Å². The van der Waals surface area contributed by atoms with Gasteiger partial charge in [0.1, 0.15) is 5.82 Å². The van der Waals surface area contributed by atoms with E-state index in [2.05, 4.69) is 35.4 Å². The van der Waals surface area contributed by atoms with Crippen molar-refractivity contribution >= 4 is 23.5 Å². The lowest BCUT2D eigenvalue weighted by molar-refractivity contribution is -0.116. The van der Waals surface area contributed by atoms with E-state index in [1.807, 2.05) is 49.7 Å². The number of rotatable bonds is 4. The molecule has 1 aromatic heterocycles. The van der Waals surface area contributed by atoms with Crippen molar-refractivity contribution in [2.24, 2.45) is 7.05 Å². The molecule has 2 heterocycles. The quantitative estimate of drug-likeness (QED) is 0.501. The van der Waals surface area contributed by atoms with Gasteiger partial charge >= 0.3 is 0 Å². The van der Waals surface area contributed by atoms with Crippen molar-refractivity contribution < 1.29 is 4.79 Å². The molecular weight excluding hydrogens is 394 g/mol. The van der Waals surface area contributed by atoms with E-state index in [4.69, 9.17) is 0 Å². The molecule has 0 spiro atoms. The summed E-state index contributed by atoms with van der Waals surface area (Å²) in [7, 11) is 1.86. The van der Waals surface area contributed by atoms with Crippen molar-refractivity contribution in [3.8, 4) is 0 Å². The molecule has 0 unspecified atom stereocenters. The Hall–Kier alpha value is -2.86. The topological polar surface area (TPSA) is 64.0 Å². The number of anilines is 1. The minimum Gasteiger partial charge on any atom is -0.312 e. The number of carbonyl (C=O) groups excluding carboxylic acids is 1. The Kier molecular flexibility index (Phi) is 5.52. The molecule has 1 aliphatic rings. The molecule has 0 aliphatic carbocycles. The zero-order valence-corrected chi connectivity index (χ0v) is 18.5. The SMILES string of the molecule is Cc1ccc(C)c([C@H]2CC(=O)Nc3c2c(=O)nc(SCc2ccccc2C)n3C)c1. The first-order valence-corrected chi connectivity index (χ1v) is 11.0. The zero-order chi connectivity index (χ0) is 21.4. The third kappa shape index (κ3) is 3.79. The maximum Gasteiger partial charge on any atom is 0.279 e. The van der Waals surface area contributed by atoms with Crippen LogP contribution in [0.25, 0.3) is 0 Å². The van der Waals surface area contributed by atoms with Gasteiger partial charge in [0.25, 0.3) is 5.56 Å². The van der Waals surface area contributed by atoms with E-state index in [1.165, 1.54) is 22.9 Å². The molecule has 5 nitrogen and oxygen atoms in total. The summed E-state index contributed by atoms with van der Waals surface area (Å²) in [5.74, 6) is 0.907. The van der Waals surface area contributed by atoms with Crippen molar-refractivity contribution in [1.82, 2.24) is 9.55 Å². The normalized spacial score (nSPS) is 15.6. The highest BCUT2D eigenvalue weighted by atomic mass is 32.2. The van der Waals surface area contributed by atoms with Crippen molar-refractivity contribution in [3.63, 3.8) is 0 Å². The fraction of sp³-hybridized carbons (Fsp3) is 0.292. The van der Waals surface area contributed by atoms with Crippen LogP contribution in [0.15, 0.2) is 52.4 Å². The molecule has 3 aromatic rings. The third-order valence-corrected chi connectivity index (χ3v) is 6.81. The highest BCUT2D eigenvalue weighted by Gasteiger charge is 2.32. The Balaban J connectivity index is 1.76. The van der Waals surface area contributed by atoms with E-state index >= 15 is 0 Å². The second-order valence-corrected chi connectivity index (χ2v) is 8.84. The summed E-state index contributed by atoms with van der Waals surface area (Å²) in [5, 5.41) is 3.52. The minimum atomic E-state index is -0.282. The third-order valence-electron chi connectivity index (χ3n) is 5.73. The monoisotopic (exact) mass is 419 g/mol. The van der Waals surface area contributed by atoms with Gasteiger partial charge in [-0.3, -0.25) is 9.59 Å². The number of hydrogen-bond donors (Lipinski definition) is 1. The predicted molar refractivity (Wildman–Crippen MR) is 121 cm³/mol. The average Bonchev–Trinajstić information content (AvgIpc) is 2.71. The fourth-order valence-corrected chi connectivity index (χ4v) is 5.02. The van der Waals surface area contributed by atoms with Gasteiger partial charge in [-0.1, -0.05) is 59.8 Å². The predicted octanol–water partition coefficient (Wildman–Crippen LogP) is 4.47. The molecule has 0 saturated carbocycles. The maximum atomic E-state index is 13.1.